The second-order valence-electron chi connectivity index (χ2n) is 8.05. The molecule has 27 heavy (non-hydrogen) atoms. The zero-order valence-corrected chi connectivity index (χ0v) is 17.1. The first-order valence-corrected chi connectivity index (χ1v) is 10.3. The Hall–Kier alpha value is -1.59. The van der Waals surface area contributed by atoms with Crippen LogP contribution in [0.5, 0.6) is 5.75 Å². The van der Waals surface area contributed by atoms with Gasteiger partial charge in [-0.15, -0.1) is 0 Å². The van der Waals surface area contributed by atoms with Crippen LogP contribution in [-0.4, -0.2) is 67.7 Å². The van der Waals surface area contributed by atoms with Crippen molar-refractivity contribution >= 4 is 5.91 Å². The quantitative estimate of drug-likeness (QED) is 0.700. The average molecular weight is 375 g/mol. The number of para-hydroxylation sites is 1. The maximum Gasteiger partial charge on any atom is 0.243 e. The van der Waals surface area contributed by atoms with E-state index >= 15 is 0 Å². The summed E-state index contributed by atoms with van der Waals surface area (Å²) in [5, 5.41) is 0. The molecule has 0 aliphatic carbocycles. The predicted octanol–water partition coefficient (Wildman–Crippen LogP) is 3.29. The van der Waals surface area contributed by atoms with Crippen LogP contribution in [-0.2, 0) is 9.53 Å². The molecule has 150 valence electrons. The molecule has 5 heteroatoms. The fourth-order valence-corrected chi connectivity index (χ4v) is 4.62. The van der Waals surface area contributed by atoms with Gasteiger partial charge in [0.25, 0.3) is 0 Å². The minimum Gasteiger partial charge on any atom is -0.492 e. The monoisotopic (exact) mass is 374 g/mol. The van der Waals surface area contributed by atoms with Crippen LogP contribution in [0.3, 0.4) is 0 Å². The summed E-state index contributed by atoms with van der Waals surface area (Å²) < 4.78 is 11.3. The van der Waals surface area contributed by atoms with E-state index in [4.69, 9.17) is 9.47 Å². The molecule has 1 spiro atoms. The van der Waals surface area contributed by atoms with Crippen molar-refractivity contribution in [3.63, 3.8) is 0 Å². The van der Waals surface area contributed by atoms with Crippen LogP contribution < -0.4 is 4.74 Å². The van der Waals surface area contributed by atoms with Gasteiger partial charge in [-0.05, 0) is 49.8 Å². The number of hydrogen-bond acceptors (Lipinski definition) is 4. The molecule has 0 bridgehead atoms. The molecule has 1 unspecified atom stereocenters. The van der Waals surface area contributed by atoms with Gasteiger partial charge in [0.05, 0.1) is 6.61 Å². The SMILES string of the molecule is COCCN1CCCC2(CCCN2CCOc2ccccc2C(C)C)C1=O. The van der Waals surface area contributed by atoms with Crippen molar-refractivity contribution < 1.29 is 14.3 Å². The standard InChI is InChI=1S/C22H34N2O3/c1-18(2)19-8-4-5-9-20(19)27-17-15-24-13-7-11-22(24)10-6-12-23(21(22)25)14-16-26-3/h4-5,8-9,18H,6-7,10-17H2,1-3H3. The molecule has 0 aromatic heterocycles. The van der Waals surface area contributed by atoms with Crippen LogP contribution in [0.25, 0.3) is 0 Å². The van der Waals surface area contributed by atoms with Gasteiger partial charge in [-0.3, -0.25) is 9.69 Å². The Morgan fingerprint density at radius 2 is 1.81 bits per heavy atom. The minimum absolute atomic E-state index is 0.297. The highest BCUT2D eigenvalue weighted by Crippen LogP contribution is 2.38. The lowest BCUT2D eigenvalue weighted by Crippen LogP contribution is -2.60. The molecule has 1 aromatic rings. The van der Waals surface area contributed by atoms with E-state index in [1.807, 2.05) is 17.0 Å². The van der Waals surface area contributed by atoms with Gasteiger partial charge in [0, 0.05) is 26.7 Å². The van der Waals surface area contributed by atoms with Crippen molar-refractivity contribution in [2.24, 2.45) is 0 Å². The number of carbonyl (C=O) groups is 1. The number of nitrogens with zero attached hydrogens (tertiary/aromatic N) is 2. The van der Waals surface area contributed by atoms with Gasteiger partial charge in [0.15, 0.2) is 0 Å². The Labute approximate surface area is 163 Å². The molecule has 2 heterocycles. The second kappa shape index (κ2) is 9.07. The normalized spacial score (nSPS) is 23.6. The van der Waals surface area contributed by atoms with Crippen molar-refractivity contribution in [3.05, 3.63) is 29.8 Å². The number of ether oxygens (including phenoxy) is 2. The number of rotatable bonds is 8. The van der Waals surface area contributed by atoms with Crippen molar-refractivity contribution in [2.45, 2.75) is 51.0 Å². The largest absolute Gasteiger partial charge is 0.492 e. The van der Waals surface area contributed by atoms with Gasteiger partial charge >= 0.3 is 0 Å². The van der Waals surface area contributed by atoms with Crippen molar-refractivity contribution in [1.29, 1.82) is 0 Å². The molecule has 2 fully saturated rings. The van der Waals surface area contributed by atoms with E-state index in [2.05, 4.69) is 30.9 Å². The fraction of sp³-hybridized carbons (Fsp3) is 0.682. The Morgan fingerprint density at radius 1 is 1.07 bits per heavy atom. The number of benzene rings is 1. The highest BCUT2D eigenvalue weighted by atomic mass is 16.5. The average Bonchev–Trinajstić information content (AvgIpc) is 3.06. The molecule has 1 aromatic carbocycles. The number of methoxy groups -OCH3 is 1. The smallest absolute Gasteiger partial charge is 0.243 e. The molecular formula is C22H34N2O3. The molecule has 1 amide bonds. The van der Waals surface area contributed by atoms with E-state index in [0.29, 0.717) is 31.6 Å². The van der Waals surface area contributed by atoms with E-state index in [1.165, 1.54) is 5.56 Å². The number of amides is 1. The summed E-state index contributed by atoms with van der Waals surface area (Å²) in [7, 11) is 1.69. The van der Waals surface area contributed by atoms with Crippen LogP contribution in [0.2, 0.25) is 0 Å². The van der Waals surface area contributed by atoms with E-state index in [-0.39, 0.29) is 5.54 Å². The van der Waals surface area contributed by atoms with Crippen LogP contribution >= 0.6 is 0 Å². The van der Waals surface area contributed by atoms with E-state index in [9.17, 15) is 4.79 Å². The number of likely N-dealkylation sites (tertiary alicyclic amines) is 2. The first-order valence-electron chi connectivity index (χ1n) is 10.3. The molecule has 0 radical (unpaired) electrons. The minimum atomic E-state index is -0.313. The molecule has 3 rings (SSSR count). The second-order valence-corrected chi connectivity index (χ2v) is 8.05. The van der Waals surface area contributed by atoms with E-state index < -0.39 is 0 Å². The molecule has 2 aliphatic rings. The zero-order chi connectivity index (χ0) is 19.3. The van der Waals surface area contributed by atoms with Gasteiger partial charge in [-0.25, -0.2) is 0 Å². The zero-order valence-electron chi connectivity index (χ0n) is 17.1. The van der Waals surface area contributed by atoms with Crippen LogP contribution in [0, 0.1) is 0 Å². The number of hydrogen-bond donors (Lipinski definition) is 0. The Bertz CT molecular complexity index is 634. The maximum atomic E-state index is 13.2. The van der Waals surface area contributed by atoms with Crippen molar-refractivity contribution in [1.82, 2.24) is 9.80 Å². The van der Waals surface area contributed by atoms with Gasteiger partial charge in [-0.2, -0.15) is 0 Å². The first kappa shape index (κ1) is 20.2. The molecule has 2 saturated heterocycles. The highest BCUT2D eigenvalue weighted by Gasteiger charge is 2.50. The Balaban J connectivity index is 1.62. The van der Waals surface area contributed by atoms with Gasteiger partial charge in [0.1, 0.15) is 17.9 Å². The molecular weight excluding hydrogens is 340 g/mol. The molecule has 2 aliphatic heterocycles. The predicted molar refractivity (Wildman–Crippen MR) is 107 cm³/mol. The van der Waals surface area contributed by atoms with Crippen molar-refractivity contribution in [2.75, 3.05) is 46.5 Å². The van der Waals surface area contributed by atoms with Crippen LogP contribution in [0.1, 0.15) is 51.0 Å². The van der Waals surface area contributed by atoms with Gasteiger partial charge < -0.3 is 14.4 Å². The summed E-state index contributed by atoms with van der Waals surface area (Å²) in [6.45, 7) is 8.95. The summed E-state index contributed by atoms with van der Waals surface area (Å²) in [6, 6.07) is 8.27. The van der Waals surface area contributed by atoms with Gasteiger partial charge in [0.2, 0.25) is 5.91 Å². The molecule has 5 nitrogen and oxygen atoms in total. The maximum absolute atomic E-state index is 13.2. The van der Waals surface area contributed by atoms with Crippen molar-refractivity contribution in [3.8, 4) is 5.75 Å². The topological polar surface area (TPSA) is 42.0 Å². The highest BCUT2D eigenvalue weighted by molar-refractivity contribution is 5.87. The van der Waals surface area contributed by atoms with Crippen LogP contribution in [0.4, 0.5) is 0 Å². The molecule has 0 saturated carbocycles. The summed E-state index contributed by atoms with van der Waals surface area (Å²) in [5.74, 6) is 1.71. The third kappa shape index (κ3) is 4.30. The summed E-state index contributed by atoms with van der Waals surface area (Å²) in [6.07, 6.45) is 4.10. The molecule has 1 atom stereocenters. The lowest BCUT2D eigenvalue weighted by Gasteiger charge is -2.44. The number of carbonyl (C=O) groups excluding carboxylic acids is 1. The van der Waals surface area contributed by atoms with E-state index in [1.54, 1.807) is 7.11 Å². The lowest BCUT2D eigenvalue weighted by molar-refractivity contribution is -0.148. The third-order valence-electron chi connectivity index (χ3n) is 6.05. The summed E-state index contributed by atoms with van der Waals surface area (Å²) >= 11 is 0. The Kier molecular flexibility index (Phi) is 6.77. The molecule has 0 N–H and O–H groups in total. The Morgan fingerprint density at radius 3 is 2.56 bits per heavy atom. The van der Waals surface area contributed by atoms with Gasteiger partial charge in [-0.1, -0.05) is 32.0 Å². The number of piperidine rings is 1. The fourth-order valence-electron chi connectivity index (χ4n) is 4.62. The summed E-state index contributed by atoms with van der Waals surface area (Å²) in [4.78, 5) is 17.6. The van der Waals surface area contributed by atoms with E-state index in [0.717, 1.165) is 51.1 Å². The van der Waals surface area contributed by atoms with Crippen LogP contribution in [0.15, 0.2) is 24.3 Å². The lowest BCUT2D eigenvalue weighted by atomic mass is 9.85. The third-order valence-corrected chi connectivity index (χ3v) is 6.05. The summed E-state index contributed by atoms with van der Waals surface area (Å²) in [5.41, 5.74) is 0.931. The first-order chi connectivity index (χ1) is 13.1.